The van der Waals surface area contributed by atoms with Crippen molar-refractivity contribution < 1.29 is 9.53 Å². The molecule has 0 aliphatic carbocycles. The summed E-state index contributed by atoms with van der Waals surface area (Å²) in [7, 11) is 0. The lowest BCUT2D eigenvalue weighted by atomic mass is 10.1. The van der Waals surface area contributed by atoms with E-state index in [1.54, 1.807) is 11.8 Å². The molecule has 1 amide bonds. The zero-order chi connectivity index (χ0) is 21.2. The molecule has 152 valence electrons. The highest BCUT2D eigenvalue weighted by Crippen LogP contribution is 2.23. The van der Waals surface area contributed by atoms with Crippen molar-refractivity contribution in [3.63, 3.8) is 0 Å². The third-order valence-corrected chi connectivity index (χ3v) is 4.94. The van der Waals surface area contributed by atoms with Crippen LogP contribution in [0.2, 0.25) is 0 Å². The Morgan fingerprint density at radius 2 is 1.50 bits per heavy atom. The lowest BCUT2D eigenvalue weighted by Gasteiger charge is -2.25. The van der Waals surface area contributed by atoms with Crippen molar-refractivity contribution in [3.05, 3.63) is 90.5 Å². The fraction of sp³-hybridized carbons (Fsp3) is 0.231. The van der Waals surface area contributed by atoms with Gasteiger partial charge in [0.05, 0.1) is 12.5 Å². The first-order valence-corrected chi connectivity index (χ1v) is 10.2. The number of ether oxygens (including phenoxy) is 1. The quantitative estimate of drug-likeness (QED) is 0.503. The monoisotopic (exact) mass is 398 g/mol. The lowest BCUT2D eigenvalue weighted by Crippen LogP contribution is -2.42. The largest absolute Gasteiger partial charge is 0.481 e. The maximum Gasteiger partial charge on any atom is 0.263 e. The highest BCUT2D eigenvalue weighted by atomic mass is 16.5. The number of hydrogen-bond donors (Lipinski definition) is 0. The van der Waals surface area contributed by atoms with E-state index in [0.717, 1.165) is 23.1 Å². The minimum atomic E-state index is -0.623. The normalized spacial score (nSPS) is 11.3. The molecule has 30 heavy (non-hydrogen) atoms. The molecule has 3 rings (SSSR count). The van der Waals surface area contributed by atoms with Crippen LogP contribution >= 0.6 is 0 Å². The molecule has 3 aromatic carbocycles. The third kappa shape index (κ3) is 5.96. The molecule has 0 spiro atoms. The van der Waals surface area contributed by atoms with Crippen LogP contribution in [0.5, 0.6) is 5.75 Å². The predicted molar refractivity (Wildman–Crippen MR) is 119 cm³/mol. The molecule has 0 N–H and O–H groups in total. The smallest absolute Gasteiger partial charge is 0.263 e. The summed E-state index contributed by atoms with van der Waals surface area (Å²) in [6.07, 6.45) is 0.428. The number of nitrogens with zero attached hydrogens (tertiary/aromatic N) is 2. The van der Waals surface area contributed by atoms with E-state index in [4.69, 9.17) is 10.00 Å². The second-order valence-electron chi connectivity index (χ2n) is 7.12. The summed E-state index contributed by atoms with van der Waals surface area (Å²) in [6.45, 7) is 2.73. The Morgan fingerprint density at radius 3 is 2.13 bits per heavy atom. The van der Waals surface area contributed by atoms with Crippen molar-refractivity contribution in [1.29, 1.82) is 5.26 Å². The van der Waals surface area contributed by atoms with Crippen molar-refractivity contribution in [2.45, 2.75) is 25.9 Å². The van der Waals surface area contributed by atoms with Gasteiger partial charge in [-0.25, -0.2) is 0 Å². The van der Waals surface area contributed by atoms with Crippen LogP contribution in [0.3, 0.4) is 0 Å². The number of carbonyl (C=O) groups is 1. The predicted octanol–water partition coefficient (Wildman–Crippen LogP) is 5.11. The molecular weight excluding hydrogens is 372 g/mol. The Kier molecular flexibility index (Phi) is 7.63. The molecule has 4 nitrogen and oxygen atoms in total. The molecule has 0 saturated heterocycles. The first-order valence-electron chi connectivity index (χ1n) is 10.2. The number of nitriles is 1. The maximum atomic E-state index is 13.0. The van der Waals surface area contributed by atoms with E-state index < -0.39 is 6.10 Å². The van der Waals surface area contributed by atoms with E-state index in [1.807, 2.05) is 72.8 Å². The van der Waals surface area contributed by atoms with Gasteiger partial charge < -0.3 is 9.64 Å². The molecule has 4 heteroatoms. The van der Waals surface area contributed by atoms with Crippen LogP contribution in [0.25, 0.3) is 11.1 Å². The van der Waals surface area contributed by atoms with Crippen LogP contribution in [-0.4, -0.2) is 30.0 Å². The van der Waals surface area contributed by atoms with Crippen LogP contribution in [0.15, 0.2) is 84.9 Å². The van der Waals surface area contributed by atoms with Gasteiger partial charge in [-0.3, -0.25) is 4.79 Å². The molecule has 0 fully saturated rings. The molecule has 0 bridgehead atoms. The summed E-state index contributed by atoms with van der Waals surface area (Å²) in [6, 6.07) is 30.0. The summed E-state index contributed by atoms with van der Waals surface area (Å²) >= 11 is 0. The average molecular weight is 399 g/mol. The Hall–Kier alpha value is -3.58. The summed E-state index contributed by atoms with van der Waals surface area (Å²) in [5.74, 6) is 0.548. The molecule has 3 aromatic rings. The summed E-state index contributed by atoms with van der Waals surface area (Å²) in [5.41, 5.74) is 3.40. The molecular formula is C26H26N2O2. The van der Waals surface area contributed by atoms with Gasteiger partial charge in [0.25, 0.3) is 5.91 Å². The molecule has 0 aromatic heterocycles. The van der Waals surface area contributed by atoms with Crippen molar-refractivity contribution in [1.82, 2.24) is 4.90 Å². The number of carbonyl (C=O) groups excluding carboxylic acids is 1. The zero-order valence-electron chi connectivity index (χ0n) is 17.2. The van der Waals surface area contributed by atoms with E-state index in [9.17, 15) is 4.79 Å². The Labute approximate surface area is 178 Å². The maximum absolute atomic E-state index is 13.0. The van der Waals surface area contributed by atoms with Crippen LogP contribution in [0.4, 0.5) is 0 Å². The van der Waals surface area contributed by atoms with Gasteiger partial charge in [-0.15, -0.1) is 0 Å². The minimum Gasteiger partial charge on any atom is -0.481 e. The Bertz CT molecular complexity index is 963. The van der Waals surface area contributed by atoms with Crippen LogP contribution < -0.4 is 4.74 Å². The summed E-state index contributed by atoms with van der Waals surface area (Å²) < 4.78 is 5.91. The van der Waals surface area contributed by atoms with Gasteiger partial charge in [0, 0.05) is 13.1 Å². The van der Waals surface area contributed by atoms with Crippen molar-refractivity contribution in [3.8, 4) is 22.9 Å². The summed E-state index contributed by atoms with van der Waals surface area (Å²) in [4.78, 5) is 14.7. The summed E-state index contributed by atoms with van der Waals surface area (Å²) in [5, 5.41) is 8.96. The lowest BCUT2D eigenvalue weighted by molar-refractivity contribution is -0.137. The van der Waals surface area contributed by atoms with E-state index >= 15 is 0 Å². The number of rotatable bonds is 9. The third-order valence-electron chi connectivity index (χ3n) is 4.94. The van der Waals surface area contributed by atoms with Crippen LogP contribution in [0, 0.1) is 11.3 Å². The second-order valence-corrected chi connectivity index (χ2v) is 7.12. The van der Waals surface area contributed by atoms with Gasteiger partial charge in [-0.05, 0) is 42.2 Å². The zero-order valence-corrected chi connectivity index (χ0v) is 17.2. The standard InChI is InChI=1S/C26H26N2O2/c1-21(30-25-15-13-24(14-16-25)23-11-6-3-7-12-23)26(29)28(19-8-18-27)20-17-22-9-4-2-5-10-22/h2-7,9-16,21H,8,17,19-20H2,1H3. The Morgan fingerprint density at radius 1 is 0.900 bits per heavy atom. The number of amides is 1. The van der Waals surface area contributed by atoms with E-state index in [1.165, 1.54) is 0 Å². The van der Waals surface area contributed by atoms with E-state index in [2.05, 4.69) is 18.2 Å². The van der Waals surface area contributed by atoms with Crippen molar-refractivity contribution in [2.24, 2.45) is 0 Å². The molecule has 1 unspecified atom stereocenters. The molecule has 0 aliphatic rings. The first kappa shape index (κ1) is 21.1. The molecule has 0 heterocycles. The SMILES string of the molecule is CC(Oc1ccc(-c2ccccc2)cc1)C(=O)N(CCC#N)CCc1ccccc1. The van der Waals surface area contributed by atoms with E-state index in [0.29, 0.717) is 25.3 Å². The van der Waals surface area contributed by atoms with Gasteiger partial charge >= 0.3 is 0 Å². The molecule has 1 atom stereocenters. The fourth-order valence-electron chi connectivity index (χ4n) is 3.29. The van der Waals surface area contributed by atoms with E-state index in [-0.39, 0.29) is 5.91 Å². The highest BCUT2D eigenvalue weighted by Gasteiger charge is 2.22. The minimum absolute atomic E-state index is 0.103. The van der Waals surface area contributed by atoms with Gasteiger partial charge in [0.2, 0.25) is 0 Å². The first-order chi connectivity index (χ1) is 14.7. The number of benzene rings is 3. The Balaban J connectivity index is 1.61. The van der Waals surface area contributed by atoms with Gasteiger partial charge in [-0.2, -0.15) is 5.26 Å². The molecule has 0 radical (unpaired) electrons. The van der Waals surface area contributed by atoms with Crippen molar-refractivity contribution >= 4 is 5.91 Å². The topological polar surface area (TPSA) is 53.3 Å². The average Bonchev–Trinajstić information content (AvgIpc) is 2.80. The molecule has 0 saturated carbocycles. The van der Waals surface area contributed by atoms with Crippen LogP contribution in [-0.2, 0) is 11.2 Å². The van der Waals surface area contributed by atoms with Crippen LogP contribution in [0.1, 0.15) is 18.9 Å². The molecule has 0 aliphatic heterocycles. The van der Waals surface area contributed by atoms with Gasteiger partial charge in [0.15, 0.2) is 6.10 Å². The van der Waals surface area contributed by atoms with Gasteiger partial charge in [-0.1, -0.05) is 72.8 Å². The second kappa shape index (κ2) is 10.8. The highest BCUT2D eigenvalue weighted by molar-refractivity contribution is 5.81. The van der Waals surface area contributed by atoms with Gasteiger partial charge in [0.1, 0.15) is 5.75 Å². The number of hydrogen-bond acceptors (Lipinski definition) is 3. The fourth-order valence-corrected chi connectivity index (χ4v) is 3.29. The van der Waals surface area contributed by atoms with Crippen molar-refractivity contribution in [2.75, 3.05) is 13.1 Å².